The molecule has 1 aliphatic carbocycles. The van der Waals surface area contributed by atoms with E-state index in [1.807, 2.05) is 0 Å². The Hall–Kier alpha value is -1.10. The molecular formula is C15H27N3O2. The fraction of sp³-hybridized carbons (Fsp3) is 0.867. The molecule has 5 nitrogen and oxygen atoms in total. The van der Waals surface area contributed by atoms with E-state index in [0.29, 0.717) is 18.4 Å². The Morgan fingerprint density at radius 3 is 2.50 bits per heavy atom. The average molecular weight is 281 g/mol. The highest BCUT2D eigenvalue weighted by Crippen LogP contribution is 2.27. The molecule has 5 heteroatoms. The molecule has 2 amide bonds. The van der Waals surface area contributed by atoms with Crippen LogP contribution >= 0.6 is 0 Å². The molecule has 1 aliphatic heterocycles. The lowest BCUT2D eigenvalue weighted by atomic mass is 9.82. The molecule has 0 spiro atoms. The summed E-state index contributed by atoms with van der Waals surface area (Å²) in [5.41, 5.74) is 5.34. The zero-order chi connectivity index (χ0) is 14.4. The summed E-state index contributed by atoms with van der Waals surface area (Å²) in [6.07, 6.45) is 8.85. The Bertz CT molecular complexity index is 334. The summed E-state index contributed by atoms with van der Waals surface area (Å²) < 4.78 is 0. The molecule has 0 aromatic heterocycles. The van der Waals surface area contributed by atoms with Crippen molar-refractivity contribution >= 4 is 11.8 Å². The zero-order valence-corrected chi connectivity index (χ0v) is 12.2. The van der Waals surface area contributed by atoms with Crippen molar-refractivity contribution in [1.29, 1.82) is 0 Å². The lowest BCUT2D eigenvalue weighted by Crippen LogP contribution is -2.45. The van der Waals surface area contributed by atoms with Crippen LogP contribution in [0.5, 0.6) is 0 Å². The monoisotopic (exact) mass is 281 g/mol. The number of hydrogen-bond donors (Lipinski definition) is 3. The van der Waals surface area contributed by atoms with Crippen molar-refractivity contribution in [3.63, 3.8) is 0 Å². The van der Waals surface area contributed by atoms with Gasteiger partial charge in [-0.25, -0.2) is 0 Å². The van der Waals surface area contributed by atoms with Gasteiger partial charge in [0.25, 0.3) is 0 Å². The molecule has 114 valence electrons. The average Bonchev–Trinajstić information content (AvgIpc) is 2.91. The molecule has 1 saturated carbocycles. The summed E-state index contributed by atoms with van der Waals surface area (Å²) in [6, 6.07) is 0.234. The predicted molar refractivity (Wildman–Crippen MR) is 78.0 cm³/mol. The highest BCUT2D eigenvalue weighted by atomic mass is 16.2. The van der Waals surface area contributed by atoms with Crippen LogP contribution in [0.3, 0.4) is 0 Å². The van der Waals surface area contributed by atoms with E-state index < -0.39 is 0 Å². The summed E-state index contributed by atoms with van der Waals surface area (Å²) in [7, 11) is 0. The topological polar surface area (TPSA) is 84.2 Å². The second-order valence-corrected chi connectivity index (χ2v) is 6.24. The van der Waals surface area contributed by atoms with Crippen molar-refractivity contribution in [2.75, 3.05) is 6.54 Å². The van der Waals surface area contributed by atoms with Crippen molar-refractivity contribution in [3.8, 4) is 0 Å². The van der Waals surface area contributed by atoms with Gasteiger partial charge in [0.2, 0.25) is 11.8 Å². The predicted octanol–water partition coefficient (Wildman–Crippen LogP) is 1.07. The summed E-state index contributed by atoms with van der Waals surface area (Å²) in [4.78, 5) is 23.4. The third-order valence-corrected chi connectivity index (χ3v) is 4.58. The van der Waals surface area contributed by atoms with Gasteiger partial charge in [-0.1, -0.05) is 19.3 Å². The molecule has 0 bridgehead atoms. The Balaban J connectivity index is 1.84. The van der Waals surface area contributed by atoms with Crippen LogP contribution in [-0.4, -0.2) is 30.4 Å². The Morgan fingerprint density at radius 2 is 1.90 bits per heavy atom. The van der Waals surface area contributed by atoms with E-state index in [1.54, 1.807) is 0 Å². The maximum atomic E-state index is 12.1. The van der Waals surface area contributed by atoms with Gasteiger partial charge in [-0.15, -0.1) is 0 Å². The number of carbonyl (C=O) groups is 2. The quantitative estimate of drug-likeness (QED) is 0.681. The van der Waals surface area contributed by atoms with Gasteiger partial charge >= 0.3 is 0 Å². The largest absolute Gasteiger partial charge is 0.370 e. The van der Waals surface area contributed by atoms with Crippen LogP contribution in [0.25, 0.3) is 0 Å². The van der Waals surface area contributed by atoms with Crippen LogP contribution in [0.1, 0.15) is 57.8 Å². The fourth-order valence-electron chi connectivity index (χ4n) is 3.51. The summed E-state index contributed by atoms with van der Waals surface area (Å²) >= 11 is 0. The van der Waals surface area contributed by atoms with Crippen LogP contribution in [0, 0.1) is 5.92 Å². The third-order valence-electron chi connectivity index (χ3n) is 4.58. The van der Waals surface area contributed by atoms with Gasteiger partial charge in [-0.05, 0) is 38.1 Å². The van der Waals surface area contributed by atoms with Gasteiger partial charge in [0, 0.05) is 24.9 Å². The van der Waals surface area contributed by atoms with E-state index in [0.717, 1.165) is 32.2 Å². The Kier molecular flexibility index (Phi) is 5.83. The van der Waals surface area contributed by atoms with E-state index in [9.17, 15) is 9.59 Å². The molecule has 0 aromatic rings. The van der Waals surface area contributed by atoms with Crippen LogP contribution < -0.4 is 16.4 Å². The van der Waals surface area contributed by atoms with E-state index in [-0.39, 0.29) is 24.3 Å². The minimum Gasteiger partial charge on any atom is -0.370 e. The van der Waals surface area contributed by atoms with Gasteiger partial charge in [-0.3, -0.25) is 9.59 Å². The van der Waals surface area contributed by atoms with Crippen molar-refractivity contribution in [2.45, 2.75) is 69.9 Å². The number of carbonyl (C=O) groups excluding carboxylic acids is 2. The molecule has 0 aromatic carbocycles. The molecule has 2 rings (SSSR count). The van der Waals surface area contributed by atoms with Crippen LogP contribution in [0.15, 0.2) is 0 Å². The maximum absolute atomic E-state index is 12.1. The minimum absolute atomic E-state index is 0.0567. The molecule has 1 saturated heterocycles. The number of amides is 2. The van der Waals surface area contributed by atoms with Gasteiger partial charge in [0.1, 0.15) is 0 Å². The standard InChI is InChI=1S/C15H27N3O2/c16-14(19)10-13(11-5-2-1-3-6-11)18-15(20)9-12-7-4-8-17-12/h11-13,17H,1-10H2,(H2,16,19)(H,18,20). The zero-order valence-electron chi connectivity index (χ0n) is 12.2. The van der Waals surface area contributed by atoms with Crippen molar-refractivity contribution in [2.24, 2.45) is 11.7 Å². The van der Waals surface area contributed by atoms with Crippen LogP contribution in [0.4, 0.5) is 0 Å². The van der Waals surface area contributed by atoms with Crippen LogP contribution in [-0.2, 0) is 9.59 Å². The summed E-state index contributed by atoms with van der Waals surface area (Å²) in [5, 5.41) is 6.39. The molecule has 4 N–H and O–H groups in total. The smallest absolute Gasteiger partial charge is 0.221 e. The van der Waals surface area contributed by atoms with E-state index >= 15 is 0 Å². The first-order chi connectivity index (χ1) is 9.65. The Morgan fingerprint density at radius 1 is 1.15 bits per heavy atom. The maximum Gasteiger partial charge on any atom is 0.221 e. The second-order valence-electron chi connectivity index (χ2n) is 6.24. The van der Waals surface area contributed by atoms with E-state index in [1.165, 1.54) is 19.3 Å². The first-order valence-electron chi connectivity index (χ1n) is 7.96. The molecule has 20 heavy (non-hydrogen) atoms. The first kappa shape index (κ1) is 15.3. The molecule has 2 fully saturated rings. The summed E-state index contributed by atoms with van der Waals surface area (Å²) in [5.74, 6) is 0.151. The highest BCUT2D eigenvalue weighted by molar-refractivity contribution is 5.79. The molecule has 0 radical (unpaired) electrons. The number of hydrogen-bond acceptors (Lipinski definition) is 3. The lowest BCUT2D eigenvalue weighted by molar-refractivity contribution is -0.123. The number of nitrogens with two attached hydrogens (primary N) is 1. The van der Waals surface area contributed by atoms with E-state index in [4.69, 9.17) is 5.73 Å². The Labute approximate surface area is 121 Å². The fourth-order valence-corrected chi connectivity index (χ4v) is 3.51. The molecule has 2 atom stereocenters. The molecule has 2 aliphatic rings. The van der Waals surface area contributed by atoms with Gasteiger partial charge in [-0.2, -0.15) is 0 Å². The molecular weight excluding hydrogens is 254 g/mol. The van der Waals surface area contributed by atoms with Gasteiger partial charge in [0.05, 0.1) is 0 Å². The van der Waals surface area contributed by atoms with Crippen molar-refractivity contribution in [3.05, 3.63) is 0 Å². The van der Waals surface area contributed by atoms with E-state index in [2.05, 4.69) is 10.6 Å². The highest BCUT2D eigenvalue weighted by Gasteiger charge is 2.27. The second kappa shape index (κ2) is 7.62. The minimum atomic E-state index is -0.320. The number of rotatable bonds is 6. The number of nitrogens with one attached hydrogen (secondary N) is 2. The van der Waals surface area contributed by atoms with Gasteiger partial charge < -0.3 is 16.4 Å². The van der Waals surface area contributed by atoms with Crippen LogP contribution in [0.2, 0.25) is 0 Å². The lowest BCUT2D eigenvalue weighted by Gasteiger charge is -2.30. The summed E-state index contributed by atoms with van der Waals surface area (Å²) in [6.45, 7) is 1.01. The normalized spacial score (nSPS) is 25.3. The third kappa shape index (κ3) is 4.78. The van der Waals surface area contributed by atoms with Gasteiger partial charge in [0.15, 0.2) is 0 Å². The molecule has 2 unspecified atom stereocenters. The SMILES string of the molecule is NC(=O)CC(NC(=O)CC1CCCN1)C1CCCCC1. The van der Waals surface area contributed by atoms with Crippen molar-refractivity contribution in [1.82, 2.24) is 10.6 Å². The van der Waals surface area contributed by atoms with Crippen molar-refractivity contribution < 1.29 is 9.59 Å². The molecule has 1 heterocycles. The first-order valence-corrected chi connectivity index (χ1v) is 7.96. The number of primary amides is 1.